The lowest BCUT2D eigenvalue weighted by atomic mass is 9.51. The molecule has 2 atom stereocenters. The van der Waals surface area contributed by atoms with E-state index in [0.717, 1.165) is 36.8 Å². The maximum atomic E-state index is 5.90. The third-order valence-electron chi connectivity index (χ3n) is 5.01. The minimum absolute atomic E-state index is 0.376. The molecule has 4 heteroatoms. The summed E-state index contributed by atoms with van der Waals surface area (Å²) < 4.78 is 5.90. The molecule has 1 heterocycles. The van der Waals surface area contributed by atoms with E-state index in [1.807, 2.05) is 6.92 Å². The minimum atomic E-state index is 0.376. The Morgan fingerprint density at radius 2 is 2.15 bits per heavy atom. The summed E-state index contributed by atoms with van der Waals surface area (Å²) in [5, 5.41) is 3.64. The van der Waals surface area contributed by atoms with Crippen LogP contribution in [0, 0.1) is 12.3 Å². The van der Waals surface area contributed by atoms with Crippen molar-refractivity contribution in [3.63, 3.8) is 0 Å². The van der Waals surface area contributed by atoms with Gasteiger partial charge in [-0.1, -0.05) is 13.3 Å². The number of aromatic nitrogens is 2. The van der Waals surface area contributed by atoms with E-state index >= 15 is 0 Å². The van der Waals surface area contributed by atoms with Crippen LogP contribution in [-0.2, 0) is 11.2 Å². The van der Waals surface area contributed by atoms with Crippen LogP contribution >= 0.6 is 0 Å². The Morgan fingerprint density at radius 3 is 2.75 bits per heavy atom. The first-order chi connectivity index (χ1) is 9.68. The first-order valence-electron chi connectivity index (χ1n) is 7.90. The van der Waals surface area contributed by atoms with Crippen LogP contribution in [0.15, 0.2) is 6.07 Å². The number of nitrogens with zero attached hydrogens (tertiary/aromatic N) is 2. The van der Waals surface area contributed by atoms with Crippen LogP contribution in [0.4, 0.5) is 5.82 Å². The van der Waals surface area contributed by atoms with Gasteiger partial charge in [-0.25, -0.2) is 9.97 Å². The van der Waals surface area contributed by atoms with Gasteiger partial charge in [0.25, 0.3) is 0 Å². The average molecular weight is 275 g/mol. The van der Waals surface area contributed by atoms with Crippen LogP contribution in [-0.4, -0.2) is 28.7 Å². The normalized spacial score (nSPS) is 26.9. The van der Waals surface area contributed by atoms with Crippen molar-refractivity contribution in [2.24, 2.45) is 5.41 Å². The number of rotatable bonds is 5. The summed E-state index contributed by atoms with van der Waals surface area (Å²) in [4.78, 5) is 8.98. The molecule has 0 amide bonds. The lowest BCUT2D eigenvalue weighted by Crippen LogP contribution is -2.64. The standard InChI is InChI=1S/C16H25N3O/c1-4-12-9-15(18-11(3)17-12)19-13-10-14(20-5-2)16(13)7-6-8-16/h9,13-14H,4-8,10H2,1-3H3,(H,17,18,19). The molecule has 0 radical (unpaired) electrons. The monoisotopic (exact) mass is 275 g/mol. The second-order valence-corrected chi connectivity index (χ2v) is 6.11. The topological polar surface area (TPSA) is 47.0 Å². The van der Waals surface area contributed by atoms with Gasteiger partial charge in [0.05, 0.1) is 6.10 Å². The van der Waals surface area contributed by atoms with Gasteiger partial charge < -0.3 is 10.1 Å². The molecule has 1 N–H and O–H groups in total. The molecule has 2 fully saturated rings. The second-order valence-electron chi connectivity index (χ2n) is 6.11. The van der Waals surface area contributed by atoms with Crippen molar-refractivity contribution < 1.29 is 4.74 Å². The Morgan fingerprint density at radius 1 is 1.35 bits per heavy atom. The maximum Gasteiger partial charge on any atom is 0.130 e. The van der Waals surface area contributed by atoms with Crippen LogP contribution in [0.1, 0.15) is 51.0 Å². The van der Waals surface area contributed by atoms with Gasteiger partial charge in [-0.2, -0.15) is 0 Å². The van der Waals surface area contributed by atoms with E-state index in [0.29, 0.717) is 17.6 Å². The van der Waals surface area contributed by atoms with E-state index < -0.39 is 0 Å². The van der Waals surface area contributed by atoms with E-state index in [9.17, 15) is 0 Å². The van der Waals surface area contributed by atoms with Crippen molar-refractivity contribution in [2.75, 3.05) is 11.9 Å². The van der Waals surface area contributed by atoms with Crippen molar-refractivity contribution in [3.8, 4) is 0 Å². The largest absolute Gasteiger partial charge is 0.378 e. The molecule has 110 valence electrons. The Hall–Kier alpha value is -1.16. The number of hydrogen-bond acceptors (Lipinski definition) is 4. The van der Waals surface area contributed by atoms with Crippen molar-refractivity contribution in [1.29, 1.82) is 0 Å². The van der Waals surface area contributed by atoms with E-state index in [4.69, 9.17) is 4.74 Å². The molecule has 1 aromatic heterocycles. The van der Waals surface area contributed by atoms with Gasteiger partial charge in [0, 0.05) is 29.8 Å². The highest BCUT2D eigenvalue weighted by Crippen LogP contribution is 2.58. The zero-order valence-electron chi connectivity index (χ0n) is 12.8. The van der Waals surface area contributed by atoms with Crippen molar-refractivity contribution >= 4 is 5.82 Å². The van der Waals surface area contributed by atoms with Crippen molar-refractivity contribution in [2.45, 2.75) is 65.0 Å². The molecule has 1 spiro atoms. The smallest absolute Gasteiger partial charge is 0.130 e. The van der Waals surface area contributed by atoms with Crippen LogP contribution < -0.4 is 5.32 Å². The average Bonchev–Trinajstić information content (AvgIpc) is 2.34. The Labute approximate surface area is 121 Å². The van der Waals surface area contributed by atoms with E-state index in [1.165, 1.54) is 19.3 Å². The van der Waals surface area contributed by atoms with Gasteiger partial charge in [0.15, 0.2) is 0 Å². The molecule has 0 saturated heterocycles. The number of nitrogens with one attached hydrogen (secondary N) is 1. The fraction of sp³-hybridized carbons (Fsp3) is 0.750. The second kappa shape index (κ2) is 5.32. The third kappa shape index (κ3) is 2.20. The summed E-state index contributed by atoms with van der Waals surface area (Å²) in [5.74, 6) is 1.84. The van der Waals surface area contributed by atoms with Crippen LogP contribution in [0.2, 0.25) is 0 Å². The van der Waals surface area contributed by atoms with Gasteiger partial charge in [0.2, 0.25) is 0 Å². The zero-order valence-corrected chi connectivity index (χ0v) is 12.8. The maximum absolute atomic E-state index is 5.90. The fourth-order valence-electron chi connectivity index (χ4n) is 3.70. The lowest BCUT2D eigenvalue weighted by Gasteiger charge is -2.61. The predicted molar refractivity (Wildman–Crippen MR) is 79.9 cm³/mol. The quantitative estimate of drug-likeness (QED) is 0.897. The number of aryl methyl sites for hydroxylation is 2. The molecule has 3 rings (SSSR count). The highest BCUT2D eigenvalue weighted by molar-refractivity contribution is 5.40. The molecule has 0 aromatic carbocycles. The summed E-state index contributed by atoms with van der Waals surface area (Å²) in [6.07, 6.45) is 6.44. The molecule has 2 aliphatic rings. The van der Waals surface area contributed by atoms with Gasteiger partial charge in [0.1, 0.15) is 11.6 Å². The SMILES string of the molecule is CCOC1CC(Nc2cc(CC)nc(C)n2)C12CCC2. The predicted octanol–water partition coefficient (Wildman–Crippen LogP) is 3.11. The van der Waals surface area contributed by atoms with E-state index in [2.05, 4.69) is 35.2 Å². The van der Waals surface area contributed by atoms with Gasteiger partial charge in [-0.05, 0) is 39.5 Å². The van der Waals surface area contributed by atoms with Gasteiger partial charge in [-0.15, -0.1) is 0 Å². The van der Waals surface area contributed by atoms with Crippen molar-refractivity contribution in [1.82, 2.24) is 9.97 Å². The van der Waals surface area contributed by atoms with Crippen LogP contribution in [0.25, 0.3) is 0 Å². The Bertz CT molecular complexity index is 485. The van der Waals surface area contributed by atoms with E-state index in [1.54, 1.807) is 0 Å². The molecular weight excluding hydrogens is 250 g/mol. The molecule has 2 aliphatic carbocycles. The summed E-state index contributed by atoms with van der Waals surface area (Å²) in [5.41, 5.74) is 1.49. The van der Waals surface area contributed by atoms with Gasteiger partial charge in [-0.3, -0.25) is 0 Å². The first kappa shape index (κ1) is 13.8. The molecule has 0 aliphatic heterocycles. The molecule has 2 unspecified atom stereocenters. The first-order valence-corrected chi connectivity index (χ1v) is 7.90. The highest BCUT2D eigenvalue weighted by Gasteiger charge is 2.59. The molecule has 4 nitrogen and oxygen atoms in total. The van der Waals surface area contributed by atoms with Crippen LogP contribution in [0.3, 0.4) is 0 Å². The Balaban J connectivity index is 1.71. The molecule has 0 bridgehead atoms. The summed E-state index contributed by atoms with van der Waals surface area (Å²) in [7, 11) is 0. The number of anilines is 1. The third-order valence-corrected chi connectivity index (χ3v) is 5.01. The lowest BCUT2D eigenvalue weighted by molar-refractivity contribution is -0.157. The highest BCUT2D eigenvalue weighted by atomic mass is 16.5. The Kier molecular flexibility index (Phi) is 3.67. The molecule has 1 aromatic rings. The number of ether oxygens (including phenoxy) is 1. The molecular formula is C16H25N3O. The minimum Gasteiger partial charge on any atom is -0.378 e. The van der Waals surface area contributed by atoms with Crippen LogP contribution in [0.5, 0.6) is 0 Å². The summed E-state index contributed by atoms with van der Waals surface area (Å²) in [6, 6.07) is 2.61. The molecule has 2 saturated carbocycles. The molecule has 20 heavy (non-hydrogen) atoms. The number of hydrogen-bond donors (Lipinski definition) is 1. The van der Waals surface area contributed by atoms with Gasteiger partial charge >= 0.3 is 0 Å². The fourth-order valence-corrected chi connectivity index (χ4v) is 3.70. The van der Waals surface area contributed by atoms with Crippen molar-refractivity contribution in [3.05, 3.63) is 17.6 Å². The summed E-state index contributed by atoms with van der Waals surface area (Å²) >= 11 is 0. The summed E-state index contributed by atoms with van der Waals surface area (Å²) in [6.45, 7) is 7.01. The zero-order chi connectivity index (χ0) is 14.2. The van der Waals surface area contributed by atoms with E-state index in [-0.39, 0.29) is 0 Å².